The molecule has 0 aliphatic heterocycles. The molecule has 2 N–H and O–H groups in total. The minimum atomic E-state index is 0.610. The number of imidazole rings is 1. The zero-order valence-electron chi connectivity index (χ0n) is 12.7. The molecule has 0 fully saturated rings. The van der Waals surface area contributed by atoms with E-state index in [-0.39, 0.29) is 0 Å². The maximum atomic E-state index is 4.49. The van der Waals surface area contributed by atoms with Gasteiger partial charge in [-0.3, -0.25) is 0 Å². The third-order valence-corrected chi connectivity index (χ3v) is 3.69. The minimum absolute atomic E-state index is 0.610. The summed E-state index contributed by atoms with van der Waals surface area (Å²) in [5, 5.41) is 7.67. The summed E-state index contributed by atoms with van der Waals surface area (Å²) in [6.45, 7) is 8.74. The number of nitrogens with one attached hydrogen (secondary N) is 2. The number of rotatable bonds is 4. The Hall–Kier alpha value is -2.44. The van der Waals surface area contributed by atoms with Crippen LogP contribution in [0, 0.1) is 20.8 Å². The quantitative estimate of drug-likeness (QED) is 0.765. The van der Waals surface area contributed by atoms with Crippen LogP contribution in [0.25, 0.3) is 5.78 Å². The molecule has 0 atom stereocenters. The van der Waals surface area contributed by atoms with Crippen LogP contribution in [0.5, 0.6) is 0 Å². The Balaban J connectivity index is 1.97. The van der Waals surface area contributed by atoms with Crippen molar-refractivity contribution in [1.82, 2.24) is 29.5 Å². The molecular formula is C14H19N7. The number of anilines is 1. The van der Waals surface area contributed by atoms with E-state index in [4.69, 9.17) is 0 Å². The Morgan fingerprint density at radius 3 is 2.67 bits per heavy atom. The molecule has 0 unspecified atom stereocenters. The Morgan fingerprint density at radius 1 is 1.19 bits per heavy atom. The van der Waals surface area contributed by atoms with Crippen LogP contribution in [0.1, 0.15) is 35.4 Å². The molecule has 0 aliphatic rings. The van der Waals surface area contributed by atoms with Crippen molar-refractivity contribution in [1.29, 1.82) is 0 Å². The zero-order valence-corrected chi connectivity index (χ0v) is 12.7. The van der Waals surface area contributed by atoms with Gasteiger partial charge in [-0.1, -0.05) is 6.92 Å². The number of aromatic amines is 1. The molecule has 0 saturated carbocycles. The monoisotopic (exact) mass is 285 g/mol. The van der Waals surface area contributed by atoms with Crippen LogP contribution >= 0.6 is 0 Å². The van der Waals surface area contributed by atoms with Crippen LogP contribution in [-0.2, 0) is 13.0 Å². The summed E-state index contributed by atoms with van der Waals surface area (Å²) >= 11 is 0. The normalized spacial score (nSPS) is 11.2. The standard InChI is InChI=1S/C14H19N7/c1-5-11-10(4)20-14-16-7-17-21(14)13(11)15-6-12-18-8(2)9(3)19-12/h7,15H,5-6H2,1-4H3,(H,18,19). The van der Waals surface area contributed by atoms with Gasteiger partial charge in [-0.25, -0.2) is 9.97 Å². The molecule has 3 rings (SSSR count). The highest BCUT2D eigenvalue weighted by molar-refractivity contribution is 5.52. The lowest BCUT2D eigenvalue weighted by molar-refractivity contribution is 0.872. The van der Waals surface area contributed by atoms with Crippen LogP contribution in [0.15, 0.2) is 6.33 Å². The lowest BCUT2D eigenvalue weighted by atomic mass is 10.1. The fourth-order valence-electron chi connectivity index (χ4n) is 2.46. The third kappa shape index (κ3) is 2.35. The Labute approximate surface area is 122 Å². The number of fused-ring (bicyclic) bond motifs is 1. The average Bonchev–Trinajstić information content (AvgIpc) is 3.02. The second-order valence-corrected chi connectivity index (χ2v) is 5.10. The number of hydrogen-bond donors (Lipinski definition) is 2. The van der Waals surface area contributed by atoms with Gasteiger partial charge in [0.2, 0.25) is 0 Å². The molecule has 0 aromatic carbocycles. The Kier molecular flexibility index (Phi) is 3.32. The maximum Gasteiger partial charge on any atom is 0.254 e. The van der Waals surface area contributed by atoms with E-state index in [2.05, 4.69) is 37.3 Å². The highest BCUT2D eigenvalue weighted by atomic mass is 15.4. The fourth-order valence-corrected chi connectivity index (χ4v) is 2.46. The summed E-state index contributed by atoms with van der Waals surface area (Å²) in [5.41, 5.74) is 4.25. The van der Waals surface area contributed by atoms with Crippen molar-refractivity contribution in [3.63, 3.8) is 0 Å². The van der Waals surface area contributed by atoms with Gasteiger partial charge < -0.3 is 10.3 Å². The number of aromatic nitrogens is 6. The van der Waals surface area contributed by atoms with E-state index < -0.39 is 0 Å². The maximum absolute atomic E-state index is 4.49. The van der Waals surface area contributed by atoms with Crippen LogP contribution in [0.2, 0.25) is 0 Å². The fraction of sp³-hybridized carbons (Fsp3) is 0.429. The molecule has 0 aliphatic carbocycles. The van der Waals surface area contributed by atoms with E-state index in [1.54, 1.807) is 4.52 Å². The molecule has 3 aromatic heterocycles. The van der Waals surface area contributed by atoms with Crippen molar-refractivity contribution in [3.8, 4) is 0 Å². The first-order chi connectivity index (χ1) is 10.1. The summed E-state index contributed by atoms with van der Waals surface area (Å²) in [7, 11) is 0. The first kappa shape index (κ1) is 13.5. The molecular weight excluding hydrogens is 266 g/mol. The van der Waals surface area contributed by atoms with E-state index in [1.165, 1.54) is 6.33 Å². The topological polar surface area (TPSA) is 83.8 Å². The van der Waals surface area contributed by atoms with Gasteiger partial charge in [0.1, 0.15) is 18.0 Å². The average molecular weight is 285 g/mol. The largest absolute Gasteiger partial charge is 0.362 e. The smallest absolute Gasteiger partial charge is 0.254 e. The van der Waals surface area contributed by atoms with Crippen LogP contribution in [0.4, 0.5) is 5.82 Å². The molecule has 0 spiro atoms. The Bertz CT molecular complexity index is 765. The summed E-state index contributed by atoms with van der Waals surface area (Å²) in [6.07, 6.45) is 2.40. The van der Waals surface area contributed by atoms with Crippen LogP contribution < -0.4 is 5.32 Å². The van der Waals surface area contributed by atoms with Gasteiger partial charge in [0, 0.05) is 17.0 Å². The van der Waals surface area contributed by atoms with E-state index in [9.17, 15) is 0 Å². The lowest BCUT2D eigenvalue weighted by Gasteiger charge is -2.13. The van der Waals surface area contributed by atoms with E-state index in [0.717, 1.165) is 40.7 Å². The van der Waals surface area contributed by atoms with E-state index in [0.29, 0.717) is 12.3 Å². The number of nitrogens with zero attached hydrogens (tertiary/aromatic N) is 5. The van der Waals surface area contributed by atoms with Crippen molar-refractivity contribution < 1.29 is 0 Å². The van der Waals surface area contributed by atoms with Gasteiger partial charge in [-0.05, 0) is 27.2 Å². The van der Waals surface area contributed by atoms with Gasteiger partial charge in [-0.15, -0.1) is 0 Å². The minimum Gasteiger partial charge on any atom is -0.362 e. The predicted octanol–water partition coefficient (Wildman–Crippen LogP) is 1.95. The van der Waals surface area contributed by atoms with Crippen molar-refractivity contribution in [2.45, 2.75) is 40.7 Å². The molecule has 3 heterocycles. The van der Waals surface area contributed by atoms with Crippen molar-refractivity contribution in [2.75, 3.05) is 5.32 Å². The van der Waals surface area contributed by atoms with E-state index in [1.807, 2.05) is 20.8 Å². The highest BCUT2D eigenvalue weighted by Gasteiger charge is 2.13. The molecule has 0 radical (unpaired) electrons. The summed E-state index contributed by atoms with van der Waals surface area (Å²) in [5.74, 6) is 2.46. The van der Waals surface area contributed by atoms with Crippen molar-refractivity contribution in [2.24, 2.45) is 0 Å². The molecule has 0 amide bonds. The molecule has 21 heavy (non-hydrogen) atoms. The first-order valence-corrected chi connectivity index (χ1v) is 7.05. The lowest BCUT2D eigenvalue weighted by Crippen LogP contribution is -2.12. The van der Waals surface area contributed by atoms with Crippen LogP contribution in [0.3, 0.4) is 0 Å². The molecule has 3 aromatic rings. The van der Waals surface area contributed by atoms with E-state index >= 15 is 0 Å². The summed E-state index contributed by atoms with van der Waals surface area (Å²) in [6, 6.07) is 0. The third-order valence-electron chi connectivity index (χ3n) is 3.69. The Morgan fingerprint density at radius 2 is 2.00 bits per heavy atom. The van der Waals surface area contributed by atoms with Crippen molar-refractivity contribution in [3.05, 3.63) is 34.8 Å². The van der Waals surface area contributed by atoms with Gasteiger partial charge in [-0.2, -0.15) is 14.6 Å². The number of aryl methyl sites for hydroxylation is 3. The molecule has 110 valence electrons. The van der Waals surface area contributed by atoms with Gasteiger partial charge in [0.05, 0.1) is 12.2 Å². The van der Waals surface area contributed by atoms with Gasteiger partial charge in [0.15, 0.2) is 0 Å². The molecule has 0 bridgehead atoms. The van der Waals surface area contributed by atoms with Crippen molar-refractivity contribution >= 4 is 11.6 Å². The second kappa shape index (κ2) is 5.16. The summed E-state index contributed by atoms with van der Waals surface area (Å²) < 4.78 is 1.74. The second-order valence-electron chi connectivity index (χ2n) is 5.10. The number of H-pyrrole nitrogens is 1. The van der Waals surface area contributed by atoms with Gasteiger partial charge >= 0.3 is 0 Å². The summed E-state index contributed by atoms with van der Waals surface area (Å²) in [4.78, 5) is 16.4. The molecule has 7 heteroatoms. The highest BCUT2D eigenvalue weighted by Crippen LogP contribution is 2.20. The molecule has 7 nitrogen and oxygen atoms in total. The zero-order chi connectivity index (χ0) is 15.0. The molecule has 0 saturated heterocycles. The van der Waals surface area contributed by atoms with Crippen LogP contribution in [-0.4, -0.2) is 29.5 Å². The van der Waals surface area contributed by atoms with Gasteiger partial charge in [0.25, 0.3) is 5.78 Å². The first-order valence-electron chi connectivity index (χ1n) is 7.05. The SMILES string of the molecule is CCc1c(C)nc2ncnn2c1NCc1nc(C)c(C)[nH]1. The predicted molar refractivity (Wildman–Crippen MR) is 80.3 cm³/mol. The number of hydrogen-bond acceptors (Lipinski definition) is 5.